The first-order chi connectivity index (χ1) is 10.9. The van der Waals surface area contributed by atoms with Crippen LogP contribution in [0.5, 0.6) is 0 Å². The minimum atomic E-state index is -0.810. The van der Waals surface area contributed by atoms with Crippen molar-refractivity contribution in [3.8, 4) is 0 Å². The molecule has 0 bridgehead atoms. The number of rotatable bonds is 2. The van der Waals surface area contributed by atoms with Gasteiger partial charge < -0.3 is 14.7 Å². The van der Waals surface area contributed by atoms with E-state index in [2.05, 4.69) is 13.0 Å². The van der Waals surface area contributed by atoms with Gasteiger partial charge in [0.25, 0.3) is 0 Å². The van der Waals surface area contributed by atoms with Gasteiger partial charge in [0, 0.05) is 25.9 Å². The topological polar surface area (TPSA) is 59.0 Å². The van der Waals surface area contributed by atoms with E-state index in [0.29, 0.717) is 25.9 Å². The van der Waals surface area contributed by atoms with Crippen LogP contribution in [0.3, 0.4) is 0 Å². The van der Waals surface area contributed by atoms with E-state index in [1.54, 1.807) is 7.11 Å². The molecule has 2 aliphatic rings. The second kappa shape index (κ2) is 5.89. The Morgan fingerprint density at radius 2 is 1.78 bits per heavy atom. The highest BCUT2D eigenvalue weighted by molar-refractivity contribution is 5.83. The summed E-state index contributed by atoms with van der Waals surface area (Å²) in [6.45, 7) is 7.37. The van der Waals surface area contributed by atoms with Crippen LogP contribution in [0.25, 0.3) is 0 Å². The van der Waals surface area contributed by atoms with Crippen LogP contribution in [-0.4, -0.2) is 48.0 Å². The molecule has 126 valence electrons. The van der Waals surface area contributed by atoms with E-state index < -0.39 is 17.6 Å². The van der Waals surface area contributed by atoms with E-state index in [-0.39, 0.29) is 5.97 Å². The summed E-state index contributed by atoms with van der Waals surface area (Å²) in [7, 11) is 1.64. The van der Waals surface area contributed by atoms with Crippen molar-refractivity contribution in [1.29, 1.82) is 0 Å². The molecule has 3 rings (SSSR count). The van der Waals surface area contributed by atoms with Crippen LogP contribution in [0.2, 0.25) is 0 Å². The molecule has 2 fully saturated rings. The quantitative estimate of drug-likeness (QED) is 0.845. The first-order valence-corrected chi connectivity index (χ1v) is 8.16. The van der Waals surface area contributed by atoms with Crippen molar-refractivity contribution < 1.29 is 19.5 Å². The van der Waals surface area contributed by atoms with Gasteiger partial charge in [-0.3, -0.25) is 4.79 Å². The standard InChI is InChI=1S/C18H25NO4/c1-11-9-13(3)14(10-12(11)2)15-16(20)18(23-17(15)21)5-7-19(22-4)8-6-18/h9-10,15-16,20H,5-8H2,1-4H3. The second-order valence-corrected chi connectivity index (χ2v) is 6.81. The Hall–Kier alpha value is -1.43. The molecule has 1 aromatic rings. The van der Waals surface area contributed by atoms with Gasteiger partial charge in [-0.05, 0) is 43.0 Å². The molecule has 5 nitrogen and oxygen atoms in total. The van der Waals surface area contributed by atoms with Gasteiger partial charge in [0.2, 0.25) is 0 Å². The largest absolute Gasteiger partial charge is 0.456 e. The lowest BCUT2D eigenvalue weighted by molar-refractivity contribution is -0.192. The number of hydrogen-bond donors (Lipinski definition) is 1. The number of aliphatic hydroxyl groups excluding tert-OH is 1. The fourth-order valence-corrected chi connectivity index (χ4v) is 3.82. The van der Waals surface area contributed by atoms with Crippen molar-refractivity contribution in [2.75, 3.05) is 20.2 Å². The Morgan fingerprint density at radius 3 is 2.39 bits per heavy atom. The minimum Gasteiger partial charge on any atom is -0.456 e. The summed E-state index contributed by atoms with van der Waals surface area (Å²) in [5.41, 5.74) is 3.45. The number of nitrogens with zero attached hydrogens (tertiary/aromatic N) is 1. The van der Waals surface area contributed by atoms with E-state index in [9.17, 15) is 9.90 Å². The summed E-state index contributed by atoms with van der Waals surface area (Å²) in [6.07, 6.45) is 0.372. The molecule has 0 saturated carbocycles. The van der Waals surface area contributed by atoms with Crippen molar-refractivity contribution in [2.45, 2.75) is 51.2 Å². The number of hydrogen-bond acceptors (Lipinski definition) is 5. The number of hydroxylamine groups is 2. The van der Waals surface area contributed by atoms with Crippen LogP contribution in [0.15, 0.2) is 12.1 Å². The maximum atomic E-state index is 12.5. The average molecular weight is 319 g/mol. The number of benzene rings is 1. The zero-order valence-electron chi connectivity index (χ0n) is 14.3. The zero-order valence-corrected chi connectivity index (χ0v) is 14.3. The molecule has 5 heteroatoms. The fourth-order valence-electron chi connectivity index (χ4n) is 3.82. The Labute approximate surface area is 137 Å². The molecule has 0 aliphatic carbocycles. The van der Waals surface area contributed by atoms with Gasteiger partial charge in [-0.25, -0.2) is 0 Å². The van der Waals surface area contributed by atoms with E-state index in [1.165, 1.54) is 5.56 Å². The Balaban J connectivity index is 1.91. The Morgan fingerprint density at radius 1 is 1.17 bits per heavy atom. The SMILES string of the molecule is CON1CCC2(CC1)OC(=O)C(c1cc(C)c(C)cc1C)C2O. The molecule has 1 spiro atoms. The Bertz CT molecular complexity index is 620. The molecule has 23 heavy (non-hydrogen) atoms. The van der Waals surface area contributed by atoms with E-state index in [4.69, 9.17) is 9.57 Å². The molecular weight excluding hydrogens is 294 g/mol. The molecule has 1 N–H and O–H groups in total. The summed E-state index contributed by atoms with van der Waals surface area (Å²) < 4.78 is 5.72. The van der Waals surface area contributed by atoms with Crippen LogP contribution >= 0.6 is 0 Å². The molecule has 0 amide bonds. The summed E-state index contributed by atoms with van der Waals surface area (Å²) in [6, 6.07) is 4.09. The van der Waals surface area contributed by atoms with Gasteiger partial charge in [-0.2, -0.15) is 5.06 Å². The third kappa shape index (κ3) is 2.67. The first kappa shape index (κ1) is 16.4. The van der Waals surface area contributed by atoms with Gasteiger partial charge in [-0.15, -0.1) is 0 Å². The smallest absolute Gasteiger partial charge is 0.316 e. The molecular formula is C18H25NO4. The van der Waals surface area contributed by atoms with Gasteiger partial charge >= 0.3 is 5.97 Å². The highest BCUT2D eigenvalue weighted by atomic mass is 16.7. The normalized spacial score (nSPS) is 27.4. The van der Waals surface area contributed by atoms with Crippen molar-refractivity contribution in [3.63, 3.8) is 0 Å². The van der Waals surface area contributed by atoms with Crippen LogP contribution in [0, 0.1) is 20.8 Å². The van der Waals surface area contributed by atoms with Crippen LogP contribution in [0.4, 0.5) is 0 Å². The van der Waals surface area contributed by atoms with Crippen LogP contribution in [0.1, 0.15) is 41.0 Å². The fraction of sp³-hybridized carbons (Fsp3) is 0.611. The molecule has 2 atom stereocenters. The number of aliphatic hydroxyl groups is 1. The van der Waals surface area contributed by atoms with Crippen molar-refractivity contribution >= 4 is 5.97 Å². The summed E-state index contributed by atoms with van der Waals surface area (Å²) in [4.78, 5) is 17.8. The number of aryl methyl sites for hydroxylation is 3. The highest BCUT2D eigenvalue weighted by Crippen LogP contribution is 2.44. The molecule has 2 unspecified atom stereocenters. The van der Waals surface area contributed by atoms with E-state index >= 15 is 0 Å². The summed E-state index contributed by atoms with van der Waals surface area (Å²) in [5.74, 6) is -0.905. The minimum absolute atomic E-state index is 0.310. The summed E-state index contributed by atoms with van der Waals surface area (Å²) in [5, 5.41) is 12.8. The second-order valence-electron chi connectivity index (χ2n) is 6.81. The van der Waals surface area contributed by atoms with Crippen LogP contribution in [-0.2, 0) is 14.4 Å². The number of piperidine rings is 1. The number of ether oxygens (including phenoxy) is 1. The zero-order chi connectivity index (χ0) is 16.8. The molecule has 2 saturated heterocycles. The average Bonchev–Trinajstić information content (AvgIpc) is 2.75. The van der Waals surface area contributed by atoms with Gasteiger partial charge in [0.1, 0.15) is 17.6 Å². The van der Waals surface area contributed by atoms with Gasteiger partial charge in [0.15, 0.2) is 0 Å². The third-order valence-corrected chi connectivity index (χ3v) is 5.46. The Kier molecular flexibility index (Phi) is 4.21. The first-order valence-electron chi connectivity index (χ1n) is 8.16. The van der Waals surface area contributed by atoms with Crippen molar-refractivity contribution in [3.05, 3.63) is 34.4 Å². The van der Waals surface area contributed by atoms with Crippen LogP contribution < -0.4 is 0 Å². The predicted octanol–water partition coefficient (Wildman–Crippen LogP) is 2.01. The molecule has 1 aromatic carbocycles. The predicted molar refractivity (Wildman–Crippen MR) is 86.0 cm³/mol. The molecule has 0 radical (unpaired) electrons. The number of carbonyl (C=O) groups excluding carboxylic acids is 1. The summed E-state index contributed by atoms with van der Waals surface area (Å²) >= 11 is 0. The number of carbonyl (C=O) groups is 1. The molecule has 0 aromatic heterocycles. The van der Waals surface area contributed by atoms with Gasteiger partial charge in [-0.1, -0.05) is 12.1 Å². The van der Waals surface area contributed by atoms with Gasteiger partial charge in [0.05, 0.1) is 7.11 Å². The lowest BCUT2D eigenvalue weighted by Crippen LogP contribution is -2.50. The maximum absolute atomic E-state index is 12.5. The molecule has 2 aliphatic heterocycles. The monoisotopic (exact) mass is 319 g/mol. The molecule has 2 heterocycles. The van der Waals surface area contributed by atoms with E-state index in [1.807, 2.05) is 25.0 Å². The van der Waals surface area contributed by atoms with E-state index in [0.717, 1.165) is 16.7 Å². The third-order valence-electron chi connectivity index (χ3n) is 5.46. The van der Waals surface area contributed by atoms with Crippen molar-refractivity contribution in [2.24, 2.45) is 0 Å². The van der Waals surface area contributed by atoms with Crippen molar-refractivity contribution in [1.82, 2.24) is 5.06 Å². The lowest BCUT2D eigenvalue weighted by Gasteiger charge is -2.38. The lowest BCUT2D eigenvalue weighted by atomic mass is 9.79. The maximum Gasteiger partial charge on any atom is 0.316 e. The number of esters is 1. The highest BCUT2D eigenvalue weighted by Gasteiger charge is 2.56.